The van der Waals surface area contributed by atoms with Crippen LogP contribution in [0.4, 0.5) is 4.39 Å². The van der Waals surface area contributed by atoms with E-state index in [1.54, 1.807) is 6.07 Å². The molecule has 0 saturated heterocycles. The summed E-state index contributed by atoms with van der Waals surface area (Å²) in [5, 5.41) is 10.4. The van der Waals surface area contributed by atoms with Crippen LogP contribution in [0.15, 0.2) is 30.3 Å². The van der Waals surface area contributed by atoms with Gasteiger partial charge in [-0.2, -0.15) is 0 Å². The highest BCUT2D eigenvalue weighted by molar-refractivity contribution is 6.31. The molecule has 1 N–H and O–H groups in total. The average Bonchev–Trinajstić information content (AvgIpc) is 2.34. The number of halogens is 2. The number of aryl methyl sites for hydroxylation is 1. The van der Waals surface area contributed by atoms with E-state index < -0.39 is 5.82 Å². The number of phenolic OH excluding ortho intramolecular Hbond substituents is 1. The molecule has 0 aliphatic carbocycles. The zero-order valence-electron chi connectivity index (χ0n) is 10.00. The van der Waals surface area contributed by atoms with Crippen LogP contribution in [0.2, 0.25) is 5.02 Å². The first kappa shape index (κ1) is 12.7. The maximum absolute atomic E-state index is 13.3. The Bertz CT molecular complexity index is 597. The molecule has 0 saturated carbocycles. The third-order valence-electron chi connectivity index (χ3n) is 2.73. The zero-order valence-corrected chi connectivity index (χ0v) is 10.8. The summed E-state index contributed by atoms with van der Waals surface area (Å²) in [5.74, 6) is 0.0979. The fourth-order valence-electron chi connectivity index (χ4n) is 1.78. The number of rotatable bonds is 2. The van der Waals surface area contributed by atoms with E-state index >= 15 is 0 Å². The predicted octanol–water partition coefficient (Wildman–Crippen LogP) is 4.17. The Morgan fingerprint density at radius 2 is 1.89 bits per heavy atom. The smallest absolute Gasteiger partial charge is 0.127 e. The normalized spacial score (nSPS) is 10.4. The van der Waals surface area contributed by atoms with Gasteiger partial charge in [-0.3, -0.25) is 0 Å². The summed E-state index contributed by atoms with van der Waals surface area (Å²) in [6, 6.07) is 7.29. The fraction of sp³-hybridized carbons (Fsp3) is 0.143. The molecule has 0 amide bonds. The molecule has 2 aromatic rings. The second kappa shape index (κ2) is 4.86. The number of hydrogen-bond acceptors (Lipinski definition) is 2. The molecule has 0 aliphatic heterocycles. The van der Waals surface area contributed by atoms with E-state index in [-0.39, 0.29) is 5.75 Å². The van der Waals surface area contributed by atoms with Gasteiger partial charge in [-0.1, -0.05) is 11.6 Å². The van der Waals surface area contributed by atoms with Gasteiger partial charge < -0.3 is 9.84 Å². The Morgan fingerprint density at radius 1 is 1.17 bits per heavy atom. The van der Waals surface area contributed by atoms with Crippen molar-refractivity contribution in [2.24, 2.45) is 0 Å². The topological polar surface area (TPSA) is 29.5 Å². The van der Waals surface area contributed by atoms with Gasteiger partial charge in [0.25, 0.3) is 0 Å². The molecule has 4 heteroatoms. The highest BCUT2D eigenvalue weighted by Gasteiger charge is 2.13. The van der Waals surface area contributed by atoms with E-state index in [9.17, 15) is 9.50 Å². The molecule has 0 unspecified atom stereocenters. The van der Waals surface area contributed by atoms with Gasteiger partial charge in [0.2, 0.25) is 0 Å². The third kappa shape index (κ3) is 2.27. The van der Waals surface area contributed by atoms with Crippen LogP contribution in [0.3, 0.4) is 0 Å². The largest absolute Gasteiger partial charge is 0.507 e. The molecule has 2 rings (SSSR count). The second-order valence-electron chi connectivity index (χ2n) is 3.96. The second-order valence-corrected chi connectivity index (χ2v) is 4.37. The van der Waals surface area contributed by atoms with Crippen LogP contribution in [-0.4, -0.2) is 12.2 Å². The Morgan fingerprint density at radius 3 is 2.56 bits per heavy atom. The van der Waals surface area contributed by atoms with Gasteiger partial charge in [0.15, 0.2) is 0 Å². The van der Waals surface area contributed by atoms with E-state index in [4.69, 9.17) is 16.3 Å². The Hall–Kier alpha value is -1.74. The van der Waals surface area contributed by atoms with Crippen LogP contribution in [0.25, 0.3) is 11.1 Å². The first-order chi connectivity index (χ1) is 8.52. The fourth-order valence-corrected chi connectivity index (χ4v) is 1.94. The minimum Gasteiger partial charge on any atom is -0.507 e. The van der Waals surface area contributed by atoms with Crippen LogP contribution in [-0.2, 0) is 0 Å². The van der Waals surface area contributed by atoms with E-state index in [0.29, 0.717) is 21.9 Å². The van der Waals surface area contributed by atoms with Gasteiger partial charge in [-0.05, 0) is 42.8 Å². The number of methoxy groups -OCH3 is 1. The summed E-state index contributed by atoms with van der Waals surface area (Å²) < 4.78 is 18.5. The third-order valence-corrected chi connectivity index (χ3v) is 3.14. The molecule has 0 aromatic heterocycles. The monoisotopic (exact) mass is 266 g/mol. The molecule has 94 valence electrons. The summed E-state index contributed by atoms with van der Waals surface area (Å²) in [4.78, 5) is 0. The lowest BCUT2D eigenvalue weighted by molar-refractivity contribution is 0.414. The maximum atomic E-state index is 13.3. The number of benzene rings is 2. The van der Waals surface area contributed by atoms with Gasteiger partial charge in [0, 0.05) is 16.1 Å². The van der Waals surface area contributed by atoms with Gasteiger partial charge in [-0.25, -0.2) is 4.39 Å². The van der Waals surface area contributed by atoms with Crippen molar-refractivity contribution in [2.75, 3.05) is 7.11 Å². The van der Waals surface area contributed by atoms with Gasteiger partial charge in [0.05, 0.1) is 7.11 Å². The molecule has 0 aliphatic rings. The number of phenols is 1. The molecule has 18 heavy (non-hydrogen) atoms. The predicted molar refractivity (Wildman–Crippen MR) is 69.8 cm³/mol. The van der Waals surface area contributed by atoms with E-state index in [1.165, 1.54) is 31.4 Å². The summed E-state index contributed by atoms with van der Waals surface area (Å²) >= 11 is 5.91. The van der Waals surface area contributed by atoms with Gasteiger partial charge in [0.1, 0.15) is 17.3 Å². The molecule has 2 aromatic carbocycles. The molecule has 0 bridgehead atoms. The lowest BCUT2D eigenvalue weighted by atomic mass is 10.0. The molecular formula is C14H12ClFO2. The van der Waals surface area contributed by atoms with Crippen molar-refractivity contribution in [3.63, 3.8) is 0 Å². The molecule has 0 radical (unpaired) electrons. The molecular weight excluding hydrogens is 255 g/mol. The Kier molecular flexibility index (Phi) is 3.43. The number of hydrogen-bond donors (Lipinski definition) is 1. The van der Waals surface area contributed by atoms with Crippen molar-refractivity contribution in [3.05, 3.63) is 46.7 Å². The van der Waals surface area contributed by atoms with Gasteiger partial charge in [-0.15, -0.1) is 0 Å². The zero-order chi connectivity index (χ0) is 13.3. The minimum atomic E-state index is -0.391. The van der Waals surface area contributed by atoms with Crippen LogP contribution in [0, 0.1) is 12.7 Å². The maximum Gasteiger partial charge on any atom is 0.127 e. The van der Waals surface area contributed by atoms with Crippen molar-refractivity contribution in [1.29, 1.82) is 0 Å². The minimum absolute atomic E-state index is 0.00509. The molecule has 2 nitrogen and oxygen atoms in total. The SMILES string of the molecule is COc1ccc(F)cc1-c1cc(C)c(Cl)cc1O. The lowest BCUT2D eigenvalue weighted by Gasteiger charge is -2.12. The number of aromatic hydroxyl groups is 1. The Labute approximate surface area is 110 Å². The molecule has 0 heterocycles. The highest BCUT2D eigenvalue weighted by Crippen LogP contribution is 2.38. The van der Waals surface area contributed by atoms with E-state index in [1.807, 2.05) is 6.92 Å². The highest BCUT2D eigenvalue weighted by atomic mass is 35.5. The quantitative estimate of drug-likeness (QED) is 0.884. The summed E-state index contributed by atoms with van der Waals surface area (Å²) in [5.41, 5.74) is 1.79. The molecule has 0 fully saturated rings. The number of ether oxygens (including phenoxy) is 1. The molecule has 0 atom stereocenters. The van der Waals surface area contributed by atoms with Gasteiger partial charge >= 0.3 is 0 Å². The van der Waals surface area contributed by atoms with E-state index in [0.717, 1.165) is 5.56 Å². The first-order valence-corrected chi connectivity index (χ1v) is 5.73. The van der Waals surface area contributed by atoms with Crippen molar-refractivity contribution in [3.8, 4) is 22.6 Å². The Balaban J connectivity index is 2.68. The van der Waals surface area contributed by atoms with Crippen molar-refractivity contribution >= 4 is 11.6 Å². The van der Waals surface area contributed by atoms with Crippen LogP contribution in [0.5, 0.6) is 11.5 Å². The standard InChI is InChI=1S/C14H12ClFO2/c1-8-5-10(13(17)7-12(8)15)11-6-9(16)3-4-14(11)18-2/h3-7,17H,1-2H3. The van der Waals surface area contributed by atoms with E-state index in [2.05, 4.69) is 0 Å². The summed E-state index contributed by atoms with van der Waals surface area (Å²) in [6.45, 7) is 1.82. The lowest BCUT2D eigenvalue weighted by Crippen LogP contribution is -1.90. The van der Waals surface area contributed by atoms with Crippen molar-refractivity contribution in [2.45, 2.75) is 6.92 Å². The van der Waals surface area contributed by atoms with Crippen LogP contribution in [0.1, 0.15) is 5.56 Å². The summed E-state index contributed by atoms with van der Waals surface area (Å²) in [7, 11) is 1.50. The van der Waals surface area contributed by atoms with Crippen LogP contribution >= 0.6 is 11.6 Å². The summed E-state index contributed by atoms with van der Waals surface area (Å²) in [6.07, 6.45) is 0. The average molecular weight is 267 g/mol. The van der Waals surface area contributed by atoms with Crippen molar-refractivity contribution < 1.29 is 14.2 Å². The molecule has 0 spiro atoms. The van der Waals surface area contributed by atoms with Crippen molar-refractivity contribution in [1.82, 2.24) is 0 Å². The van der Waals surface area contributed by atoms with Crippen LogP contribution < -0.4 is 4.74 Å². The first-order valence-electron chi connectivity index (χ1n) is 5.36.